The Hall–Kier alpha value is -2.09. The number of rotatable bonds is 3. The number of carbonyl (C=O) groups is 1. The second-order valence-electron chi connectivity index (χ2n) is 5.35. The second kappa shape index (κ2) is 5.91. The maximum Gasteiger partial charge on any atom is 0.306 e. The molecule has 2 aromatic rings. The smallest absolute Gasteiger partial charge is 0.306 e. The molecule has 2 atom stereocenters. The normalized spacial score (nSPS) is 22.3. The van der Waals surface area contributed by atoms with Crippen LogP contribution in [0.1, 0.15) is 23.5 Å². The first-order valence-electron chi connectivity index (χ1n) is 7.07. The van der Waals surface area contributed by atoms with Crippen LogP contribution in [0.2, 0.25) is 0 Å². The average molecular weight is 266 g/mol. The molecule has 2 heteroatoms. The maximum atomic E-state index is 11.6. The van der Waals surface area contributed by atoms with Crippen LogP contribution in [0.4, 0.5) is 0 Å². The minimum atomic E-state index is -0.0804. The fourth-order valence-electron chi connectivity index (χ4n) is 2.93. The van der Waals surface area contributed by atoms with Gasteiger partial charge in [-0.3, -0.25) is 4.79 Å². The van der Waals surface area contributed by atoms with Gasteiger partial charge in [0.25, 0.3) is 0 Å². The van der Waals surface area contributed by atoms with Gasteiger partial charge in [-0.25, -0.2) is 0 Å². The second-order valence-corrected chi connectivity index (χ2v) is 5.35. The van der Waals surface area contributed by atoms with Crippen LogP contribution in [0.3, 0.4) is 0 Å². The molecule has 2 aromatic carbocycles. The van der Waals surface area contributed by atoms with Crippen LogP contribution in [-0.2, 0) is 16.0 Å². The standard InChI is InChI=1S/C18H18O2/c19-18-12-17(15-9-5-2-6-10-15)16(13-20-18)11-14-7-3-1-4-8-14/h1-10,16-17H,11-13H2/t16-,17+/m0/s1. The van der Waals surface area contributed by atoms with Crippen LogP contribution in [0.15, 0.2) is 60.7 Å². The van der Waals surface area contributed by atoms with Crippen LogP contribution < -0.4 is 0 Å². The molecule has 102 valence electrons. The highest BCUT2D eigenvalue weighted by Crippen LogP contribution is 2.34. The Kier molecular flexibility index (Phi) is 3.82. The number of carbonyl (C=O) groups excluding carboxylic acids is 1. The topological polar surface area (TPSA) is 26.3 Å². The zero-order valence-electron chi connectivity index (χ0n) is 11.4. The lowest BCUT2D eigenvalue weighted by Crippen LogP contribution is -2.30. The third kappa shape index (κ3) is 2.90. The molecule has 3 rings (SSSR count). The monoisotopic (exact) mass is 266 g/mol. The third-order valence-electron chi connectivity index (χ3n) is 3.98. The number of cyclic esters (lactones) is 1. The van der Waals surface area contributed by atoms with Gasteiger partial charge < -0.3 is 4.74 Å². The van der Waals surface area contributed by atoms with Gasteiger partial charge in [-0.1, -0.05) is 60.7 Å². The Morgan fingerprint density at radius 2 is 1.60 bits per heavy atom. The highest BCUT2D eigenvalue weighted by Gasteiger charge is 2.31. The molecule has 20 heavy (non-hydrogen) atoms. The first-order chi connectivity index (χ1) is 9.83. The first-order valence-corrected chi connectivity index (χ1v) is 7.07. The molecular weight excluding hydrogens is 248 g/mol. The lowest BCUT2D eigenvalue weighted by molar-refractivity contribution is -0.150. The SMILES string of the molecule is O=C1C[C@H](c2ccccc2)[C@@H](Cc2ccccc2)CO1. The molecule has 1 fully saturated rings. The van der Waals surface area contributed by atoms with Crippen molar-refractivity contribution in [2.75, 3.05) is 6.61 Å². The Morgan fingerprint density at radius 1 is 0.950 bits per heavy atom. The molecule has 1 aliphatic heterocycles. The quantitative estimate of drug-likeness (QED) is 0.794. The number of ether oxygens (including phenoxy) is 1. The van der Waals surface area contributed by atoms with E-state index in [1.54, 1.807) is 0 Å². The average Bonchev–Trinajstić information content (AvgIpc) is 2.51. The molecule has 0 amide bonds. The molecule has 2 nitrogen and oxygen atoms in total. The number of hydrogen-bond acceptors (Lipinski definition) is 2. The van der Waals surface area contributed by atoms with Crippen LogP contribution in [0.5, 0.6) is 0 Å². The zero-order chi connectivity index (χ0) is 13.8. The van der Waals surface area contributed by atoms with Crippen molar-refractivity contribution < 1.29 is 9.53 Å². The van der Waals surface area contributed by atoms with Crippen LogP contribution in [-0.4, -0.2) is 12.6 Å². The van der Waals surface area contributed by atoms with E-state index in [1.807, 2.05) is 24.3 Å². The summed E-state index contributed by atoms with van der Waals surface area (Å²) in [6.45, 7) is 0.521. The molecule has 1 aliphatic rings. The minimum Gasteiger partial charge on any atom is -0.465 e. The number of benzene rings is 2. The van der Waals surface area contributed by atoms with Gasteiger partial charge in [-0.2, -0.15) is 0 Å². The molecule has 0 N–H and O–H groups in total. The van der Waals surface area contributed by atoms with Gasteiger partial charge >= 0.3 is 5.97 Å². The molecule has 1 saturated heterocycles. The summed E-state index contributed by atoms with van der Waals surface area (Å²) in [5.74, 6) is 0.540. The van der Waals surface area contributed by atoms with E-state index in [2.05, 4.69) is 36.4 Å². The number of esters is 1. The van der Waals surface area contributed by atoms with Crippen molar-refractivity contribution in [2.24, 2.45) is 5.92 Å². The fourth-order valence-corrected chi connectivity index (χ4v) is 2.93. The lowest BCUT2D eigenvalue weighted by Gasteiger charge is -2.31. The Bertz CT molecular complexity index is 562. The number of hydrogen-bond donors (Lipinski definition) is 0. The van der Waals surface area contributed by atoms with Crippen molar-refractivity contribution in [3.63, 3.8) is 0 Å². The summed E-state index contributed by atoms with van der Waals surface area (Å²) in [5.41, 5.74) is 2.54. The van der Waals surface area contributed by atoms with Crippen molar-refractivity contribution in [1.29, 1.82) is 0 Å². The summed E-state index contributed by atoms with van der Waals surface area (Å²) in [6, 6.07) is 20.7. The molecular formula is C18H18O2. The van der Waals surface area contributed by atoms with Gasteiger partial charge in [0.05, 0.1) is 13.0 Å². The molecule has 0 aliphatic carbocycles. The van der Waals surface area contributed by atoms with E-state index < -0.39 is 0 Å². The predicted molar refractivity (Wildman–Crippen MR) is 78.4 cm³/mol. The van der Waals surface area contributed by atoms with E-state index in [0.29, 0.717) is 18.9 Å². The van der Waals surface area contributed by atoms with Crippen molar-refractivity contribution in [1.82, 2.24) is 0 Å². The lowest BCUT2D eigenvalue weighted by atomic mass is 9.79. The fraction of sp³-hybridized carbons (Fsp3) is 0.278. The maximum absolute atomic E-state index is 11.6. The summed E-state index contributed by atoms with van der Waals surface area (Å²) >= 11 is 0. The zero-order valence-corrected chi connectivity index (χ0v) is 11.4. The Morgan fingerprint density at radius 3 is 2.30 bits per heavy atom. The van der Waals surface area contributed by atoms with Gasteiger partial charge in [-0.15, -0.1) is 0 Å². The van der Waals surface area contributed by atoms with Crippen molar-refractivity contribution in [2.45, 2.75) is 18.8 Å². The minimum absolute atomic E-state index is 0.0804. The highest BCUT2D eigenvalue weighted by atomic mass is 16.5. The summed E-state index contributed by atoms with van der Waals surface area (Å²) in [7, 11) is 0. The molecule has 0 saturated carbocycles. The Balaban J connectivity index is 1.82. The van der Waals surface area contributed by atoms with E-state index in [1.165, 1.54) is 11.1 Å². The van der Waals surface area contributed by atoms with Crippen LogP contribution >= 0.6 is 0 Å². The molecule has 0 spiro atoms. The van der Waals surface area contributed by atoms with E-state index in [4.69, 9.17) is 4.74 Å². The van der Waals surface area contributed by atoms with Gasteiger partial charge in [0.2, 0.25) is 0 Å². The van der Waals surface area contributed by atoms with Crippen LogP contribution in [0, 0.1) is 5.92 Å². The first kappa shape index (κ1) is 12.9. The third-order valence-corrected chi connectivity index (χ3v) is 3.98. The predicted octanol–water partition coefficient (Wildman–Crippen LogP) is 3.58. The molecule has 1 heterocycles. The van der Waals surface area contributed by atoms with Crippen molar-refractivity contribution in [3.8, 4) is 0 Å². The van der Waals surface area contributed by atoms with Crippen molar-refractivity contribution in [3.05, 3.63) is 71.8 Å². The molecule has 0 bridgehead atoms. The van der Waals surface area contributed by atoms with Crippen molar-refractivity contribution >= 4 is 5.97 Å². The van der Waals surface area contributed by atoms with E-state index in [-0.39, 0.29) is 11.9 Å². The molecule has 0 aromatic heterocycles. The highest BCUT2D eigenvalue weighted by molar-refractivity contribution is 5.71. The summed E-state index contributed by atoms with van der Waals surface area (Å²) in [5, 5.41) is 0. The molecule has 0 unspecified atom stereocenters. The Labute approximate surface area is 119 Å². The summed E-state index contributed by atoms with van der Waals surface area (Å²) in [4.78, 5) is 11.6. The van der Waals surface area contributed by atoms with Gasteiger partial charge in [0.1, 0.15) is 0 Å². The van der Waals surface area contributed by atoms with Gasteiger partial charge in [0, 0.05) is 11.8 Å². The van der Waals surface area contributed by atoms with Gasteiger partial charge in [0.15, 0.2) is 0 Å². The largest absolute Gasteiger partial charge is 0.465 e. The van der Waals surface area contributed by atoms with E-state index in [0.717, 1.165) is 6.42 Å². The summed E-state index contributed by atoms with van der Waals surface area (Å²) < 4.78 is 5.28. The molecule has 0 radical (unpaired) electrons. The van der Waals surface area contributed by atoms with Gasteiger partial charge in [-0.05, 0) is 17.5 Å². The summed E-state index contributed by atoms with van der Waals surface area (Å²) in [6.07, 6.45) is 1.44. The van der Waals surface area contributed by atoms with E-state index >= 15 is 0 Å². The van der Waals surface area contributed by atoms with E-state index in [9.17, 15) is 4.79 Å². The van der Waals surface area contributed by atoms with Crippen LogP contribution in [0.25, 0.3) is 0 Å².